The van der Waals surface area contributed by atoms with Crippen LogP contribution < -0.4 is 5.73 Å². The minimum atomic E-state index is -0.848. The predicted octanol–water partition coefficient (Wildman–Crippen LogP) is 2.67. The van der Waals surface area contributed by atoms with Crippen molar-refractivity contribution in [2.75, 3.05) is 5.73 Å². The van der Waals surface area contributed by atoms with E-state index in [9.17, 15) is 19.3 Å². The van der Waals surface area contributed by atoms with Crippen LogP contribution in [0.2, 0.25) is 0 Å². The number of non-ortho nitro benzene ring substituents is 1. The number of hydrogen-bond donors (Lipinski definition) is 1. The Morgan fingerprint density at radius 3 is 2.67 bits per heavy atom. The van der Waals surface area contributed by atoms with Crippen LogP contribution in [0.4, 0.5) is 15.8 Å². The molecule has 21 heavy (non-hydrogen) atoms. The van der Waals surface area contributed by atoms with Gasteiger partial charge < -0.3 is 10.5 Å². The van der Waals surface area contributed by atoms with Gasteiger partial charge in [0, 0.05) is 23.4 Å². The van der Waals surface area contributed by atoms with E-state index in [2.05, 4.69) is 0 Å². The molecule has 0 atom stereocenters. The summed E-state index contributed by atoms with van der Waals surface area (Å²) in [4.78, 5) is 21.9. The molecule has 2 N–H and O–H groups in total. The van der Waals surface area contributed by atoms with Crippen molar-refractivity contribution in [3.8, 4) is 0 Å². The third-order valence-corrected chi connectivity index (χ3v) is 2.78. The fourth-order valence-electron chi connectivity index (χ4n) is 1.67. The van der Waals surface area contributed by atoms with Gasteiger partial charge in [-0.25, -0.2) is 9.18 Å². The Kier molecular flexibility index (Phi) is 4.13. The van der Waals surface area contributed by atoms with E-state index in [1.54, 1.807) is 6.07 Å². The zero-order valence-electron chi connectivity index (χ0n) is 10.8. The topological polar surface area (TPSA) is 95.5 Å². The number of nitrogen functional groups attached to an aromatic ring is 1. The summed E-state index contributed by atoms with van der Waals surface area (Å²) in [6.45, 7) is -0.284. The van der Waals surface area contributed by atoms with Crippen LogP contribution in [-0.2, 0) is 11.3 Å². The van der Waals surface area contributed by atoms with Gasteiger partial charge in [-0.1, -0.05) is 18.2 Å². The highest BCUT2D eigenvalue weighted by Gasteiger charge is 2.17. The maximum absolute atomic E-state index is 13.4. The number of nitro benzene ring substituents is 1. The number of ether oxygens (including phenoxy) is 1. The molecule has 7 heteroatoms. The third kappa shape index (κ3) is 3.33. The number of hydrogen-bond acceptors (Lipinski definition) is 5. The Morgan fingerprint density at radius 1 is 1.29 bits per heavy atom. The van der Waals surface area contributed by atoms with Gasteiger partial charge in [-0.05, 0) is 12.1 Å². The second kappa shape index (κ2) is 6.00. The minimum Gasteiger partial charge on any atom is -0.457 e. The van der Waals surface area contributed by atoms with E-state index in [1.807, 2.05) is 0 Å². The number of nitrogens with two attached hydrogens (primary N) is 1. The first-order valence-corrected chi connectivity index (χ1v) is 5.93. The van der Waals surface area contributed by atoms with E-state index in [-0.39, 0.29) is 29.1 Å². The molecule has 6 nitrogen and oxygen atoms in total. The molecule has 0 bridgehead atoms. The summed E-state index contributed by atoms with van der Waals surface area (Å²) in [5.41, 5.74) is 5.45. The van der Waals surface area contributed by atoms with Gasteiger partial charge in [0.2, 0.25) is 0 Å². The van der Waals surface area contributed by atoms with E-state index in [4.69, 9.17) is 10.5 Å². The predicted molar refractivity (Wildman–Crippen MR) is 73.0 cm³/mol. The summed E-state index contributed by atoms with van der Waals surface area (Å²) >= 11 is 0. The summed E-state index contributed by atoms with van der Waals surface area (Å²) < 4.78 is 18.3. The van der Waals surface area contributed by atoms with Gasteiger partial charge in [0.1, 0.15) is 12.4 Å². The van der Waals surface area contributed by atoms with Crippen LogP contribution in [0.3, 0.4) is 0 Å². The normalized spacial score (nSPS) is 10.1. The fourth-order valence-corrected chi connectivity index (χ4v) is 1.67. The highest BCUT2D eigenvalue weighted by atomic mass is 19.1. The monoisotopic (exact) mass is 290 g/mol. The number of halogens is 1. The van der Waals surface area contributed by atoms with Crippen LogP contribution in [0, 0.1) is 15.9 Å². The average Bonchev–Trinajstić information content (AvgIpc) is 2.46. The van der Waals surface area contributed by atoms with Crippen LogP contribution >= 0.6 is 0 Å². The van der Waals surface area contributed by atoms with Crippen LogP contribution in [0.25, 0.3) is 0 Å². The zero-order chi connectivity index (χ0) is 15.4. The van der Waals surface area contributed by atoms with Crippen molar-refractivity contribution >= 4 is 17.3 Å². The van der Waals surface area contributed by atoms with Gasteiger partial charge in [-0.15, -0.1) is 0 Å². The Hall–Kier alpha value is -2.96. The molecule has 2 rings (SSSR count). The molecular formula is C14H11FN2O4. The van der Waals surface area contributed by atoms with Crippen molar-refractivity contribution in [3.63, 3.8) is 0 Å². The Morgan fingerprint density at radius 2 is 2.00 bits per heavy atom. The number of carbonyl (C=O) groups excluding carboxylic acids is 1. The largest absolute Gasteiger partial charge is 0.457 e. The first-order valence-electron chi connectivity index (χ1n) is 5.93. The number of benzene rings is 2. The molecule has 108 valence electrons. The SMILES string of the molecule is Nc1ccc([N+](=O)[O-])cc1C(=O)OCc1ccccc1F. The van der Waals surface area contributed by atoms with Crippen molar-refractivity contribution in [3.05, 3.63) is 69.5 Å². The molecular weight excluding hydrogens is 279 g/mol. The minimum absolute atomic E-state index is 0.0548. The Balaban J connectivity index is 2.15. The lowest BCUT2D eigenvalue weighted by Crippen LogP contribution is -2.09. The van der Waals surface area contributed by atoms with E-state index in [0.717, 1.165) is 6.07 Å². The van der Waals surface area contributed by atoms with Crippen LogP contribution in [0.5, 0.6) is 0 Å². The summed E-state index contributed by atoms with van der Waals surface area (Å²) in [5, 5.41) is 10.7. The van der Waals surface area contributed by atoms with Crippen LogP contribution in [0.15, 0.2) is 42.5 Å². The number of carbonyl (C=O) groups is 1. The fraction of sp³-hybridized carbons (Fsp3) is 0.0714. The van der Waals surface area contributed by atoms with Crippen molar-refractivity contribution in [1.82, 2.24) is 0 Å². The summed E-state index contributed by atoms with van der Waals surface area (Å²) in [5.74, 6) is -1.35. The Bertz CT molecular complexity index is 703. The Labute approximate surface area is 119 Å². The van der Waals surface area contributed by atoms with Gasteiger partial charge >= 0.3 is 5.97 Å². The first kappa shape index (κ1) is 14.4. The molecule has 0 radical (unpaired) electrons. The van der Waals surface area contributed by atoms with Crippen LogP contribution in [-0.4, -0.2) is 10.9 Å². The number of rotatable bonds is 4. The summed E-state index contributed by atoms with van der Waals surface area (Å²) in [6.07, 6.45) is 0. The molecule has 0 aliphatic carbocycles. The molecule has 0 aliphatic rings. The molecule has 0 aromatic heterocycles. The molecule has 0 heterocycles. The van der Waals surface area contributed by atoms with Crippen molar-refractivity contribution in [2.24, 2.45) is 0 Å². The summed E-state index contributed by atoms with van der Waals surface area (Å²) in [7, 11) is 0. The zero-order valence-corrected chi connectivity index (χ0v) is 10.8. The second-order valence-electron chi connectivity index (χ2n) is 4.20. The average molecular weight is 290 g/mol. The van der Waals surface area contributed by atoms with E-state index in [1.165, 1.54) is 30.3 Å². The van der Waals surface area contributed by atoms with Crippen molar-refractivity contribution < 1.29 is 18.8 Å². The highest BCUT2D eigenvalue weighted by molar-refractivity contribution is 5.95. The molecule has 0 unspecified atom stereocenters. The standard InChI is InChI=1S/C14H11FN2O4/c15-12-4-2-1-3-9(12)8-21-14(18)11-7-10(17(19)20)5-6-13(11)16/h1-7H,8,16H2. The van der Waals surface area contributed by atoms with E-state index < -0.39 is 16.7 Å². The third-order valence-electron chi connectivity index (χ3n) is 2.78. The van der Waals surface area contributed by atoms with Gasteiger partial charge in [0.25, 0.3) is 5.69 Å². The lowest BCUT2D eigenvalue weighted by atomic mass is 10.1. The number of nitrogens with zero attached hydrogens (tertiary/aromatic N) is 1. The molecule has 2 aromatic carbocycles. The van der Waals surface area contributed by atoms with Crippen molar-refractivity contribution in [1.29, 1.82) is 0 Å². The lowest BCUT2D eigenvalue weighted by molar-refractivity contribution is -0.384. The molecule has 0 fully saturated rings. The van der Waals surface area contributed by atoms with Gasteiger partial charge in [0.05, 0.1) is 10.5 Å². The molecule has 0 amide bonds. The van der Waals surface area contributed by atoms with Crippen molar-refractivity contribution in [2.45, 2.75) is 6.61 Å². The smallest absolute Gasteiger partial charge is 0.340 e. The van der Waals surface area contributed by atoms with E-state index in [0.29, 0.717) is 0 Å². The molecule has 0 saturated carbocycles. The van der Waals surface area contributed by atoms with Gasteiger partial charge in [-0.3, -0.25) is 10.1 Å². The van der Waals surface area contributed by atoms with Crippen LogP contribution in [0.1, 0.15) is 15.9 Å². The molecule has 0 saturated heterocycles. The first-order chi connectivity index (χ1) is 9.99. The summed E-state index contributed by atoms with van der Waals surface area (Å²) in [6, 6.07) is 9.29. The molecule has 2 aromatic rings. The maximum atomic E-state index is 13.4. The van der Waals surface area contributed by atoms with Gasteiger partial charge in [0.15, 0.2) is 0 Å². The number of anilines is 1. The highest BCUT2D eigenvalue weighted by Crippen LogP contribution is 2.21. The maximum Gasteiger partial charge on any atom is 0.340 e. The lowest BCUT2D eigenvalue weighted by Gasteiger charge is -2.07. The number of nitro groups is 1. The van der Waals surface area contributed by atoms with E-state index >= 15 is 0 Å². The number of esters is 1. The molecule has 0 spiro atoms. The quantitative estimate of drug-likeness (QED) is 0.404. The molecule has 0 aliphatic heterocycles. The van der Waals surface area contributed by atoms with Gasteiger partial charge in [-0.2, -0.15) is 0 Å². The second-order valence-corrected chi connectivity index (χ2v) is 4.20.